The van der Waals surface area contributed by atoms with E-state index in [0.29, 0.717) is 11.6 Å². The summed E-state index contributed by atoms with van der Waals surface area (Å²) in [7, 11) is 0. The summed E-state index contributed by atoms with van der Waals surface area (Å²) < 4.78 is 0. The summed E-state index contributed by atoms with van der Waals surface area (Å²) in [6, 6.07) is 20.2. The smallest absolute Gasteiger partial charge is 0.226 e. The first-order valence-corrected chi connectivity index (χ1v) is 8.73. The number of aromatic nitrogens is 2. The standard InChI is InChI=1S/C19H19N3OS/c1-14(16-10-6-3-7-11-16)12-17(23)20-19-22-21-18(24-19)13-15-8-4-2-5-9-15/h2-11,14H,12-13H2,1H3,(H,20,22,23)/t14-/m1/s1. The van der Waals surface area contributed by atoms with Crippen LogP contribution in [0.15, 0.2) is 60.7 Å². The topological polar surface area (TPSA) is 54.9 Å². The maximum Gasteiger partial charge on any atom is 0.226 e. The first-order valence-electron chi connectivity index (χ1n) is 7.92. The molecule has 1 N–H and O–H groups in total. The number of nitrogens with one attached hydrogen (secondary N) is 1. The van der Waals surface area contributed by atoms with Crippen molar-refractivity contribution in [1.82, 2.24) is 10.2 Å². The largest absolute Gasteiger partial charge is 0.301 e. The van der Waals surface area contributed by atoms with Crippen molar-refractivity contribution in [2.45, 2.75) is 25.7 Å². The van der Waals surface area contributed by atoms with Gasteiger partial charge in [0, 0.05) is 12.8 Å². The molecule has 1 aromatic heterocycles. The fourth-order valence-corrected chi connectivity index (χ4v) is 3.28. The minimum Gasteiger partial charge on any atom is -0.301 e. The summed E-state index contributed by atoms with van der Waals surface area (Å²) in [5.41, 5.74) is 2.35. The lowest BCUT2D eigenvalue weighted by Crippen LogP contribution is -2.14. The molecule has 24 heavy (non-hydrogen) atoms. The van der Waals surface area contributed by atoms with E-state index in [2.05, 4.69) is 34.6 Å². The molecule has 0 aliphatic rings. The number of benzene rings is 2. The van der Waals surface area contributed by atoms with Gasteiger partial charge >= 0.3 is 0 Å². The van der Waals surface area contributed by atoms with E-state index in [9.17, 15) is 4.79 Å². The molecule has 0 aliphatic carbocycles. The normalized spacial score (nSPS) is 11.9. The summed E-state index contributed by atoms with van der Waals surface area (Å²) in [5, 5.41) is 12.5. The number of hydrogen-bond acceptors (Lipinski definition) is 4. The molecule has 0 saturated heterocycles. The van der Waals surface area contributed by atoms with Crippen LogP contribution in [0.4, 0.5) is 5.13 Å². The molecule has 0 spiro atoms. The highest BCUT2D eigenvalue weighted by atomic mass is 32.1. The molecule has 3 rings (SSSR count). The Morgan fingerprint density at radius 1 is 1.04 bits per heavy atom. The van der Waals surface area contributed by atoms with Crippen LogP contribution >= 0.6 is 11.3 Å². The maximum absolute atomic E-state index is 12.2. The lowest BCUT2D eigenvalue weighted by atomic mass is 9.98. The number of rotatable bonds is 6. The van der Waals surface area contributed by atoms with Gasteiger partial charge in [0.1, 0.15) is 5.01 Å². The van der Waals surface area contributed by atoms with Crippen LogP contribution in [-0.2, 0) is 11.2 Å². The SMILES string of the molecule is C[C@H](CC(=O)Nc1nnc(Cc2ccccc2)s1)c1ccccc1. The zero-order valence-electron chi connectivity index (χ0n) is 13.5. The Morgan fingerprint density at radius 3 is 2.42 bits per heavy atom. The van der Waals surface area contributed by atoms with Crippen molar-refractivity contribution in [3.63, 3.8) is 0 Å². The Kier molecular flexibility index (Phi) is 5.33. The van der Waals surface area contributed by atoms with Gasteiger partial charge in [0.15, 0.2) is 0 Å². The van der Waals surface area contributed by atoms with Crippen molar-refractivity contribution in [1.29, 1.82) is 0 Å². The zero-order valence-corrected chi connectivity index (χ0v) is 14.3. The van der Waals surface area contributed by atoms with Gasteiger partial charge in [-0.25, -0.2) is 0 Å². The molecular formula is C19H19N3OS. The van der Waals surface area contributed by atoms with Crippen LogP contribution in [0.1, 0.15) is 35.4 Å². The first kappa shape index (κ1) is 16.3. The van der Waals surface area contributed by atoms with Crippen LogP contribution in [0.3, 0.4) is 0 Å². The quantitative estimate of drug-likeness (QED) is 0.731. The highest BCUT2D eigenvalue weighted by molar-refractivity contribution is 7.15. The second-order valence-electron chi connectivity index (χ2n) is 5.73. The van der Waals surface area contributed by atoms with Crippen LogP contribution < -0.4 is 5.32 Å². The van der Waals surface area contributed by atoms with Crippen molar-refractivity contribution in [2.24, 2.45) is 0 Å². The molecule has 0 saturated carbocycles. The van der Waals surface area contributed by atoms with Crippen molar-refractivity contribution < 1.29 is 4.79 Å². The molecule has 4 nitrogen and oxygen atoms in total. The van der Waals surface area contributed by atoms with Gasteiger partial charge in [-0.1, -0.05) is 78.9 Å². The highest BCUT2D eigenvalue weighted by Gasteiger charge is 2.13. The lowest BCUT2D eigenvalue weighted by molar-refractivity contribution is -0.116. The molecule has 0 unspecified atom stereocenters. The minimum absolute atomic E-state index is 0.0336. The molecule has 0 radical (unpaired) electrons. The Balaban J connectivity index is 1.55. The Hall–Kier alpha value is -2.53. The van der Waals surface area contributed by atoms with E-state index in [1.165, 1.54) is 16.9 Å². The van der Waals surface area contributed by atoms with Crippen LogP contribution in [-0.4, -0.2) is 16.1 Å². The third kappa shape index (κ3) is 4.49. The monoisotopic (exact) mass is 337 g/mol. The molecular weight excluding hydrogens is 318 g/mol. The van der Waals surface area contributed by atoms with Crippen molar-refractivity contribution in [3.05, 3.63) is 76.8 Å². The second-order valence-corrected chi connectivity index (χ2v) is 6.79. The third-order valence-corrected chi connectivity index (χ3v) is 4.61. The lowest BCUT2D eigenvalue weighted by Gasteiger charge is -2.10. The van der Waals surface area contributed by atoms with Crippen LogP contribution in [0.2, 0.25) is 0 Å². The maximum atomic E-state index is 12.2. The van der Waals surface area contributed by atoms with Crippen LogP contribution in [0, 0.1) is 0 Å². The molecule has 2 aromatic carbocycles. The minimum atomic E-state index is -0.0336. The molecule has 0 bridgehead atoms. The summed E-state index contributed by atoms with van der Waals surface area (Å²) in [6.07, 6.45) is 1.16. The predicted molar refractivity (Wildman–Crippen MR) is 97.3 cm³/mol. The number of carbonyl (C=O) groups excluding carboxylic acids is 1. The van der Waals surface area contributed by atoms with E-state index in [-0.39, 0.29) is 11.8 Å². The third-order valence-electron chi connectivity index (χ3n) is 3.77. The molecule has 5 heteroatoms. The van der Waals surface area contributed by atoms with Gasteiger partial charge in [0.05, 0.1) is 0 Å². The average molecular weight is 337 g/mol. The number of amides is 1. The molecule has 1 atom stereocenters. The van der Waals surface area contributed by atoms with Crippen LogP contribution in [0.5, 0.6) is 0 Å². The molecule has 1 heterocycles. The van der Waals surface area contributed by atoms with Crippen molar-refractivity contribution >= 4 is 22.4 Å². The van der Waals surface area contributed by atoms with Gasteiger partial charge in [0.25, 0.3) is 0 Å². The van der Waals surface area contributed by atoms with Gasteiger partial charge in [-0.2, -0.15) is 0 Å². The van der Waals surface area contributed by atoms with Gasteiger partial charge in [-0.05, 0) is 17.0 Å². The Bertz CT molecular complexity index is 787. The van der Waals surface area contributed by atoms with Gasteiger partial charge in [-0.3, -0.25) is 4.79 Å². The first-order chi connectivity index (χ1) is 11.7. The summed E-state index contributed by atoms with van der Waals surface area (Å²) in [5.74, 6) is 0.136. The average Bonchev–Trinajstić information content (AvgIpc) is 3.03. The summed E-state index contributed by atoms with van der Waals surface area (Å²) in [4.78, 5) is 12.2. The molecule has 122 valence electrons. The predicted octanol–water partition coefficient (Wildman–Crippen LogP) is 4.26. The number of anilines is 1. The van der Waals surface area contributed by atoms with Crippen LogP contribution in [0.25, 0.3) is 0 Å². The van der Waals surface area contributed by atoms with E-state index in [0.717, 1.165) is 17.0 Å². The van der Waals surface area contributed by atoms with E-state index in [1.807, 2.05) is 48.5 Å². The van der Waals surface area contributed by atoms with E-state index < -0.39 is 0 Å². The van der Waals surface area contributed by atoms with E-state index in [4.69, 9.17) is 0 Å². The van der Waals surface area contributed by atoms with Gasteiger partial charge in [0.2, 0.25) is 11.0 Å². The van der Waals surface area contributed by atoms with Gasteiger partial charge in [-0.15, -0.1) is 10.2 Å². The van der Waals surface area contributed by atoms with Gasteiger partial charge < -0.3 is 5.32 Å². The molecule has 0 aliphatic heterocycles. The number of carbonyl (C=O) groups is 1. The summed E-state index contributed by atoms with van der Waals surface area (Å²) >= 11 is 1.42. The highest BCUT2D eigenvalue weighted by Crippen LogP contribution is 2.22. The number of hydrogen-bond donors (Lipinski definition) is 1. The van der Waals surface area contributed by atoms with Crippen molar-refractivity contribution in [2.75, 3.05) is 5.32 Å². The fourth-order valence-electron chi connectivity index (χ4n) is 2.49. The fraction of sp³-hybridized carbons (Fsp3) is 0.211. The Labute approximate surface area is 145 Å². The molecule has 0 fully saturated rings. The zero-order chi connectivity index (χ0) is 16.8. The number of nitrogens with zero attached hydrogens (tertiary/aromatic N) is 2. The van der Waals surface area contributed by atoms with E-state index in [1.54, 1.807) is 0 Å². The molecule has 3 aromatic rings. The van der Waals surface area contributed by atoms with E-state index >= 15 is 0 Å². The molecule has 1 amide bonds. The second kappa shape index (κ2) is 7.84. The van der Waals surface area contributed by atoms with Crippen molar-refractivity contribution in [3.8, 4) is 0 Å². The summed E-state index contributed by atoms with van der Waals surface area (Å²) in [6.45, 7) is 2.05. The Morgan fingerprint density at radius 2 is 1.71 bits per heavy atom.